The van der Waals surface area contributed by atoms with E-state index < -0.39 is 6.03 Å². The number of benzene rings is 3. The number of aromatic nitrogens is 3. The molecule has 10 nitrogen and oxygen atoms in total. The van der Waals surface area contributed by atoms with Crippen molar-refractivity contribution in [3.05, 3.63) is 95.3 Å². The average molecular weight is 599 g/mol. The molecule has 5 rings (SSSR count). The Morgan fingerprint density at radius 2 is 1.70 bits per heavy atom. The van der Waals surface area contributed by atoms with Crippen LogP contribution in [0.25, 0.3) is 10.9 Å². The van der Waals surface area contributed by atoms with Gasteiger partial charge in [0.15, 0.2) is 0 Å². The number of nitrogens with one attached hydrogen (secondary N) is 4. The summed E-state index contributed by atoms with van der Waals surface area (Å²) in [5.74, 6) is 1.65. The Hall–Kier alpha value is -5.09. The van der Waals surface area contributed by atoms with Crippen molar-refractivity contribution in [2.75, 3.05) is 16.0 Å². The summed E-state index contributed by atoms with van der Waals surface area (Å²) in [7, 11) is 0. The fourth-order valence-corrected chi connectivity index (χ4v) is 4.43. The Labute approximate surface area is 253 Å². The lowest BCUT2D eigenvalue weighted by Crippen LogP contribution is -2.19. The minimum Gasteiger partial charge on any atom is -0.487 e. The Morgan fingerprint density at radius 1 is 0.907 bits per heavy atom. The maximum absolute atomic E-state index is 12.6. The molecule has 43 heavy (non-hydrogen) atoms. The maximum Gasteiger partial charge on any atom is 0.324 e. The number of aromatic amines is 1. The van der Waals surface area contributed by atoms with Gasteiger partial charge in [-0.3, -0.25) is 20.2 Å². The summed E-state index contributed by atoms with van der Waals surface area (Å²) in [5, 5.41) is 16.3. The van der Waals surface area contributed by atoms with Crippen molar-refractivity contribution in [2.24, 2.45) is 0 Å². The first kappa shape index (κ1) is 29.4. The zero-order valence-electron chi connectivity index (χ0n) is 24.1. The van der Waals surface area contributed by atoms with Crippen molar-refractivity contribution >= 4 is 51.6 Å². The fourth-order valence-electron chi connectivity index (χ4n) is 4.21. The number of amides is 3. The third kappa shape index (κ3) is 7.41. The van der Waals surface area contributed by atoms with Crippen LogP contribution < -0.4 is 25.4 Å². The molecule has 0 radical (unpaired) electrons. The first-order chi connectivity index (χ1) is 20.5. The maximum atomic E-state index is 12.6. The standard InChI is InChI=1S/C32H31ClN6O4/c1-19(40)35-26-15-22-25(16-28(26)42-18-20-8-6-5-7-9-20)34-13-12-27(22)43-21-10-11-24(23(33)14-21)36-31(41)37-30-17-29(38-39-30)32(2,3)4/h5-17H,18H2,1-4H3,(H,35,40)(H3,36,37,38,39,41). The number of nitrogens with zero attached hydrogens (tertiary/aromatic N) is 2. The van der Waals surface area contributed by atoms with Crippen LogP contribution in [-0.2, 0) is 16.8 Å². The summed E-state index contributed by atoms with van der Waals surface area (Å²) in [4.78, 5) is 29.0. The van der Waals surface area contributed by atoms with Gasteiger partial charge in [0.2, 0.25) is 5.91 Å². The molecule has 0 saturated carbocycles. The third-order valence-corrected chi connectivity index (χ3v) is 6.67. The number of anilines is 3. The predicted molar refractivity (Wildman–Crippen MR) is 168 cm³/mol. The largest absolute Gasteiger partial charge is 0.487 e. The molecule has 11 heteroatoms. The molecule has 0 atom stereocenters. The van der Waals surface area contributed by atoms with Gasteiger partial charge in [-0.15, -0.1) is 0 Å². The minimum atomic E-state index is -0.476. The van der Waals surface area contributed by atoms with Crippen LogP contribution in [-0.4, -0.2) is 27.1 Å². The van der Waals surface area contributed by atoms with Crippen LogP contribution in [0.15, 0.2) is 79.0 Å². The van der Waals surface area contributed by atoms with Gasteiger partial charge in [0.25, 0.3) is 0 Å². The van der Waals surface area contributed by atoms with Crippen molar-refractivity contribution in [1.82, 2.24) is 15.2 Å². The predicted octanol–water partition coefficient (Wildman–Crippen LogP) is 7.88. The monoisotopic (exact) mass is 598 g/mol. The van der Waals surface area contributed by atoms with Gasteiger partial charge in [-0.2, -0.15) is 5.10 Å². The van der Waals surface area contributed by atoms with E-state index in [1.54, 1.807) is 48.7 Å². The number of carbonyl (C=O) groups excluding carboxylic acids is 2. The highest BCUT2D eigenvalue weighted by atomic mass is 35.5. The van der Waals surface area contributed by atoms with Crippen LogP contribution in [0.2, 0.25) is 5.02 Å². The molecule has 0 unspecified atom stereocenters. The van der Waals surface area contributed by atoms with E-state index in [0.29, 0.717) is 52.0 Å². The van der Waals surface area contributed by atoms with E-state index in [9.17, 15) is 9.59 Å². The van der Waals surface area contributed by atoms with Gasteiger partial charge in [-0.05, 0) is 29.8 Å². The Morgan fingerprint density at radius 3 is 2.40 bits per heavy atom. The number of carbonyl (C=O) groups is 2. The van der Waals surface area contributed by atoms with Gasteiger partial charge in [-0.1, -0.05) is 62.7 Å². The van der Waals surface area contributed by atoms with Gasteiger partial charge >= 0.3 is 6.03 Å². The first-order valence-corrected chi connectivity index (χ1v) is 13.9. The molecule has 0 bridgehead atoms. The number of fused-ring (bicyclic) bond motifs is 1. The third-order valence-electron chi connectivity index (χ3n) is 6.36. The number of rotatable bonds is 8. The molecular weight excluding hydrogens is 568 g/mol. The lowest BCUT2D eigenvalue weighted by atomic mass is 9.92. The zero-order chi connectivity index (χ0) is 30.6. The topological polar surface area (TPSA) is 130 Å². The van der Waals surface area contributed by atoms with E-state index in [-0.39, 0.29) is 16.3 Å². The first-order valence-electron chi connectivity index (χ1n) is 13.5. The van der Waals surface area contributed by atoms with Crippen molar-refractivity contribution in [3.8, 4) is 17.2 Å². The second-order valence-electron chi connectivity index (χ2n) is 10.9. The lowest BCUT2D eigenvalue weighted by Gasteiger charge is -2.15. The van der Waals surface area contributed by atoms with E-state index in [2.05, 4.69) is 31.1 Å². The van der Waals surface area contributed by atoms with Crippen LogP contribution in [0.3, 0.4) is 0 Å². The molecule has 220 valence electrons. The fraction of sp³-hybridized carbons (Fsp3) is 0.188. The molecule has 0 aliphatic heterocycles. The summed E-state index contributed by atoms with van der Waals surface area (Å²) in [6.07, 6.45) is 1.62. The molecule has 3 aromatic carbocycles. The second kappa shape index (κ2) is 12.4. The number of hydrogen-bond acceptors (Lipinski definition) is 6. The lowest BCUT2D eigenvalue weighted by molar-refractivity contribution is -0.114. The van der Waals surface area contributed by atoms with E-state index in [1.807, 2.05) is 51.1 Å². The van der Waals surface area contributed by atoms with Crippen molar-refractivity contribution < 1.29 is 19.1 Å². The van der Waals surface area contributed by atoms with Gasteiger partial charge in [0, 0.05) is 42.1 Å². The highest BCUT2D eigenvalue weighted by Gasteiger charge is 2.18. The summed E-state index contributed by atoms with van der Waals surface area (Å²) in [6.45, 7) is 7.86. The zero-order valence-corrected chi connectivity index (χ0v) is 24.9. The van der Waals surface area contributed by atoms with Crippen molar-refractivity contribution in [2.45, 2.75) is 39.7 Å². The molecular formula is C32H31ClN6O4. The number of pyridine rings is 1. The van der Waals surface area contributed by atoms with Gasteiger partial charge in [0.05, 0.1) is 27.6 Å². The molecule has 0 spiro atoms. The normalized spacial score (nSPS) is 11.2. The Balaban J connectivity index is 1.32. The smallest absolute Gasteiger partial charge is 0.324 e. The molecule has 3 amide bonds. The molecule has 0 fully saturated rings. The van der Waals surface area contributed by atoms with Crippen LogP contribution in [0.1, 0.15) is 39.0 Å². The summed E-state index contributed by atoms with van der Waals surface area (Å²) in [5.41, 5.74) is 3.16. The Kier molecular flexibility index (Phi) is 8.49. The molecule has 0 saturated heterocycles. The number of ether oxygens (including phenoxy) is 2. The quantitative estimate of drug-likeness (QED) is 0.144. The Bertz CT molecular complexity index is 1780. The summed E-state index contributed by atoms with van der Waals surface area (Å²) >= 11 is 6.49. The van der Waals surface area contributed by atoms with Crippen molar-refractivity contribution in [3.63, 3.8) is 0 Å². The minimum absolute atomic E-state index is 0.157. The van der Waals surface area contributed by atoms with E-state index in [0.717, 1.165) is 11.3 Å². The van der Waals surface area contributed by atoms with E-state index in [1.165, 1.54) is 6.92 Å². The summed E-state index contributed by atoms with van der Waals surface area (Å²) < 4.78 is 12.2. The van der Waals surface area contributed by atoms with E-state index in [4.69, 9.17) is 21.1 Å². The number of hydrogen-bond donors (Lipinski definition) is 4. The van der Waals surface area contributed by atoms with Crippen LogP contribution in [0.4, 0.5) is 22.0 Å². The average Bonchev–Trinajstić information content (AvgIpc) is 3.43. The van der Waals surface area contributed by atoms with Crippen LogP contribution in [0, 0.1) is 0 Å². The number of urea groups is 1. The van der Waals surface area contributed by atoms with E-state index >= 15 is 0 Å². The highest BCUT2D eigenvalue weighted by Crippen LogP contribution is 2.37. The second-order valence-corrected chi connectivity index (χ2v) is 11.3. The highest BCUT2D eigenvalue weighted by molar-refractivity contribution is 6.34. The molecule has 2 heterocycles. The van der Waals surface area contributed by atoms with Gasteiger partial charge in [0.1, 0.15) is 29.7 Å². The molecule has 5 aromatic rings. The van der Waals surface area contributed by atoms with Gasteiger partial charge in [-0.25, -0.2) is 4.79 Å². The van der Waals surface area contributed by atoms with Crippen molar-refractivity contribution in [1.29, 1.82) is 0 Å². The molecule has 0 aliphatic carbocycles. The van der Waals surface area contributed by atoms with Gasteiger partial charge < -0.3 is 20.1 Å². The SMILES string of the molecule is CC(=O)Nc1cc2c(Oc3ccc(NC(=O)Nc4cc(C(C)(C)C)n[nH]4)c(Cl)c3)ccnc2cc1OCc1ccccc1. The summed E-state index contributed by atoms with van der Waals surface area (Å²) in [6, 6.07) is 21.2. The molecule has 0 aliphatic rings. The number of H-pyrrole nitrogens is 1. The molecule has 4 N–H and O–H groups in total. The van der Waals surface area contributed by atoms with Crippen LogP contribution in [0.5, 0.6) is 17.2 Å². The number of halogens is 1. The molecule has 2 aromatic heterocycles. The van der Waals surface area contributed by atoms with Crippen LogP contribution >= 0.6 is 11.6 Å².